The van der Waals surface area contributed by atoms with Crippen molar-refractivity contribution in [2.24, 2.45) is 10.7 Å². The number of ether oxygens (including phenoxy) is 1. The molecule has 0 saturated carbocycles. The Morgan fingerprint density at radius 3 is 2.81 bits per heavy atom. The zero-order chi connectivity index (χ0) is 19.4. The van der Waals surface area contributed by atoms with E-state index in [4.69, 9.17) is 22.1 Å². The van der Waals surface area contributed by atoms with Crippen molar-refractivity contribution in [3.05, 3.63) is 63.1 Å². The molecule has 1 aliphatic rings. The Bertz CT molecular complexity index is 917. The number of benzene rings is 2. The van der Waals surface area contributed by atoms with Crippen LogP contribution in [0, 0.1) is 0 Å². The molecule has 8 heteroatoms. The normalized spacial score (nSPS) is 16.5. The minimum atomic E-state index is -1.27. The molecule has 1 aliphatic heterocycles. The molecular weight excluding hydrogens is 434 g/mol. The van der Waals surface area contributed by atoms with Crippen LogP contribution in [0.3, 0.4) is 0 Å². The van der Waals surface area contributed by atoms with Crippen LogP contribution in [-0.2, 0) is 14.3 Å². The lowest BCUT2D eigenvalue weighted by atomic mass is 9.99. The molecule has 1 atom stereocenters. The van der Waals surface area contributed by atoms with Crippen LogP contribution in [0.4, 0.5) is 5.69 Å². The largest absolute Gasteiger partial charge is 0.432 e. The summed E-state index contributed by atoms with van der Waals surface area (Å²) in [5.74, 6) is -0.938. The molecule has 6 nitrogen and oxygen atoms in total. The van der Waals surface area contributed by atoms with Gasteiger partial charge < -0.3 is 15.8 Å². The average Bonchev–Trinajstić information content (AvgIpc) is 2.64. The molecule has 1 heterocycles. The summed E-state index contributed by atoms with van der Waals surface area (Å²) in [5.41, 5.74) is 7.96. The summed E-state index contributed by atoms with van der Waals surface area (Å²) in [6.45, 7) is 0.114. The number of fused-ring (bicyclic) bond motifs is 1. The first kappa shape index (κ1) is 19.5. The smallest absolute Gasteiger partial charge is 0.309 e. The Kier molecular flexibility index (Phi) is 6.26. The van der Waals surface area contributed by atoms with Crippen LogP contribution in [0.2, 0.25) is 5.02 Å². The zero-order valence-electron chi connectivity index (χ0n) is 14.2. The van der Waals surface area contributed by atoms with Crippen molar-refractivity contribution in [2.75, 3.05) is 18.4 Å². The van der Waals surface area contributed by atoms with Gasteiger partial charge in [-0.1, -0.05) is 45.7 Å². The lowest BCUT2D eigenvalue weighted by molar-refractivity contribution is -0.153. The number of hydrogen-bond donors (Lipinski definition) is 2. The number of nitrogens with two attached hydrogens (primary N) is 1. The molecule has 0 bridgehead atoms. The molecule has 0 spiro atoms. The third-order valence-corrected chi connectivity index (χ3v) is 4.75. The van der Waals surface area contributed by atoms with Gasteiger partial charge in [-0.2, -0.15) is 0 Å². The fourth-order valence-corrected chi connectivity index (χ4v) is 3.24. The summed E-state index contributed by atoms with van der Waals surface area (Å²) in [6.07, 6.45) is -1.26. The highest BCUT2D eigenvalue weighted by molar-refractivity contribution is 9.10. The Hall–Kier alpha value is -2.22. The lowest BCUT2D eigenvalue weighted by Crippen LogP contribution is -2.34. The first-order chi connectivity index (χ1) is 13.0. The molecule has 0 saturated heterocycles. The molecular formula is C19H17BrClN3O3. The molecule has 2 aromatic rings. The van der Waals surface area contributed by atoms with Crippen molar-refractivity contribution in [3.8, 4) is 0 Å². The number of nitrogens with zero attached hydrogens (tertiary/aromatic N) is 1. The maximum atomic E-state index is 12.5. The van der Waals surface area contributed by atoms with Crippen molar-refractivity contribution >= 4 is 50.7 Å². The van der Waals surface area contributed by atoms with E-state index in [0.717, 1.165) is 15.7 Å². The van der Waals surface area contributed by atoms with Crippen molar-refractivity contribution in [1.82, 2.24) is 0 Å². The average molecular weight is 451 g/mol. The Morgan fingerprint density at radius 2 is 2.07 bits per heavy atom. The van der Waals surface area contributed by atoms with Gasteiger partial charge in [-0.3, -0.25) is 9.59 Å². The molecule has 0 aliphatic carbocycles. The summed E-state index contributed by atoms with van der Waals surface area (Å²) in [7, 11) is 0. The minimum Gasteiger partial charge on any atom is -0.432 e. The predicted molar refractivity (Wildman–Crippen MR) is 108 cm³/mol. The summed E-state index contributed by atoms with van der Waals surface area (Å²) >= 11 is 9.84. The SMILES string of the molecule is NCCC(=O)O[C@H]1N=C(c2ccccc2Cl)c2cc(Br)ccc2NCC1=O. The van der Waals surface area contributed by atoms with Crippen LogP contribution >= 0.6 is 27.5 Å². The van der Waals surface area contributed by atoms with E-state index in [-0.39, 0.29) is 25.3 Å². The number of Topliss-reactive ketones (excluding diaryl/α,β-unsaturated/α-hetero) is 1. The number of rotatable bonds is 4. The van der Waals surface area contributed by atoms with E-state index in [1.807, 2.05) is 24.3 Å². The number of esters is 1. The van der Waals surface area contributed by atoms with E-state index in [0.29, 0.717) is 16.3 Å². The maximum absolute atomic E-state index is 12.5. The highest BCUT2D eigenvalue weighted by Crippen LogP contribution is 2.29. The van der Waals surface area contributed by atoms with E-state index >= 15 is 0 Å². The number of aliphatic imine (C=N–C) groups is 1. The number of nitrogens with one attached hydrogen (secondary N) is 1. The van der Waals surface area contributed by atoms with E-state index < -0.39 is 12.2 Å². The van der Waals surface area contributed by atoms with Crippen LogP contribution in [0.25, 0.3) is 0 Å². The molecule has 27 heavy (non-hydrogen) atoms. The van der Waals surface area contributed by atoms with Crippen molar-refractivity contribution in [2.45, 2.75) is 12.6 Å². The van der Waals surface area contributed by atoms with Crippen molar-refractivity contribution < 1.29 is 14.3 Å². The molecule has 0 radical (unpaired) electrons. The van der Waals surface area contributed by atoms with Gasteiger partial charge in [-0.15, -0.1) is 0 Å². The van der Waals surface area contributed by atoms with Crippen LogP contribution in [0.15, 0.2) is 51.9 Å². The van der Waals surface area contributed by atoms with E-state index in [1.165, 1.54) is 0 Å². The topological polar surface area (TPSA) is 93.8 Å². The van der Waals surface area contributed by atoms with Crippen molar-refractivity contribution in [3.63, 3.8) is 0 Å². The van der Waals surface area contributed by atoms with Gasteiger partial charge in [0.2, 0.25) is 5.78 Å². The third-order valence-electron chi connectivity index (χ3n) is 3.93. The first-order valence-electron chi connectivity index (χ1n) is 8.28. The van der Waals surface area contributed by atoms with Crippen LogP contribution < -0.4 is 11.1 Å². The van der Waals surface area contributed by atoms with Gasteiger partial charge in [0.05, 0.1) is 18.7 Å². The Morgan fingerprint density at radius 1 is 1.30 bits per heavy atom. The summed E-state index contributed by atoms with van der Waals surface area (Å²) < 4.78 is 6.10. The number of anilines is 1. The van der Waals surface area contributed by atoms with Gasteiger partial charge in [-0.05, 0) is 24.3 Å². The molecule has 0 fully saturated rings. The minimum absolute atomic E-state index is 0.0102. The van der Waals surface area contributed by atoms with Crippen molar-refractivity contribution in [1.29, 1.82) is 0 Å². The molecule has 3 rings (SSSR count). The van der Waals surface area contributed by atoms with Gasteiger partial charge >= 0.3 is 5.97 Å². The van der Waals surface area contributed by atoms with E-state index in [1.54, 1.807) is 18.2 Å². The molecule has 0 aromatic heterocycles. The van der Waals surface area contributed by atoms with Gasteiger partial charge in [0.15, 0.2) is 0 Å². The van der Waals surface area contributed by atoms with Crippen LogP contribution in [-0.4, -0.2) is 36.8 Å². The highest BCUT2D eigenvalue weighted by Gasteiger charge is 2.27. The van der Waals surface area contributed by atoms with Gasteiger partial charge in [0.25, 0.3) is 6.23 Å². The number of carbonyl (C=O) groups excluding carboxylic acids is 2. The summed E-state index contributed by atoms with van der Waals surface area (Å²) in [5, 5.41) is 3.56. The second-order valence-electron chi connectivity index (χ2n) is 5.85. The molecule has 140 valence electrons. The number of ketones is 1. The third kappa shape index (κ3) is 4.55. The van der Waals surface area contributed by atoms with Gasteiger partial charge in [-0.25, -0.2) is 4.99 Å². The molecule has 0 amide bonds. The second-order valence-corrected chi connectivity index (χ2v) is 7.17. The first-order valence-corrected chi connectivity index (χ1v) is 9.45. The zero-order valence-corrected chi connectivity index (χ0v) is 16.6. The summed E-state index contributed by atoms with van der Waals surface area (Å²) in [4.78, 5) is 28.9. The standard InChI is InChI=1S/C19H17BrClN3O3/c20-11-5-6-15-13(9-11)18(12-3-1-2-4-14(12)21)24-19(16(25)10-23-15)27-17(26)7-8-22/h1-6,9,19,23H,7-8,10,22H2/t19-/m1/s1. The monoisotopic (exact) mass is 449 g/mol. The highest BCUT2D eigenvalue weighted by atomic mass is 79.9. The predicted octanol–water partition coefficient (Wildman–Crippen LogP) is 3.15. The van der Waals surface area contributed by atoms with Gasteiger partial charge in [0, 0.05) is 32.9 Å². The van der Waals surface area contributed by atoms with E-state index in [2.05, 4.69) is 26.2 Å². The van der Waals surface area contributed by atoms with E-state index in [9.17, 15) is 9.59 Å². The fraction of sp³-hybridized carbons (Fsp3) is 0.211. The summed E-state index contributed by atoms with van der Waals surface area (Å²) in [6, 6.07) is 12.8. The second kappa shape index (κ2) is 8.65. The lowest BCUT2D eigenvalue weighted by Gasteiger charge is -2.22. The Labute approximate surface area is 169 Å². The maximum Gasteiger partial charge on any atom is 0.309 e. The van der Waals surface area contributed by atoms with Gasteiger partial charge in [0.1, 0.15) is 0 Å². The fourth-order valence-electron chi connectivity index (χ4n) is 2.66. The molecule has 3 N–H and O–H groups in total. The Balaban J connectivity index is 2.15. The number of carbonyl (C=O) groups is 2. The van der Waals surface area contributed by atoms with Crippen LogP contribution in [0.5, 0.6) is 0 Å². The molecule has 0 unspecified atom stereocenters. The number of hydrogen-bond acceptors (Lipinski definition) is 6. The quantitative estimate of drug-likeness (QED) is 0.698. The van der Waals surface area contributed by atoms with Crippen LogP contribution in [0.1, 0.15) is 17.5 Å². The molecule has 2 aromatic carbocycles. The number of halogens is 2.